The Morgan fingerprint density at radius 2 is 2.29 bits per heavy atom. The van der Waals surface area contributed by atoms with Gasteiger partial charge in [0.1, 0.15) is 0 Å². The van der Waals surface area contributed by atoms with Crippen LogP contribution in [0.1, 0.15) is 18.5 Å². The fourth-order valence-corrected chi connectivity index (χ4v) is 2.01. The van der Waals surface area contributed by atoms with E-state index in [1.807, 2.05) is 32.2 Å². The molecule has 0 aromatic carbocycles. The standard InChI is InChI=1S/C12H22N4O/c1-15(2)12-14-7-10(16(12)3)6-13-8-11(17)9-4-5-9/h7,9,11,13,17H,4-6,8H2,1-3H3. The van der Waals surface area contributed by atoms with Crippen molar-refractivity contribution in [1.82, 2.24) is 14.9 Å². The fourth-order valence-electron chi connectivity index (χ4n) is 2.01. The molecule has 0 amide bonds. The predicted molar refractivity (Wildman–Crippen MR) is 68.0 cm³/mol. The largest absolute Gasteiger partial charge is 0.392 e. The molecule has 1 aliphatic carbocycles. The van der Waals surface area contributed by atoms with E-state index >= 15 is 0 Å². The number of hydrogen-bond acceptors (Lipinski definition) is 4. The van der Waals surface area contributed by atoms with Gasteiger partial charge in [-0.3, -0.25) is 0 Å². The SMILES string of the molecule is CN(C)c1ncc(CNCC(O)C2CC2)n1C. The molecule has 1 aromatic rings. The van der Waals surface area contributed by atoms with Gasteiger partial charge < -0.3 is 19.9 Å². The second-order valence-electron chi connectivity index (χ2n) is 5.04. The van der Waals surface area contributed by atoms with Gasteiger partial charge in [-0.25, -0.2) is 4.98 Å². The molecule has 1 atom stereocenters. The van der Waals surface area contributed by atoms with Gasteiger partial charge in [-0.2, -0.15) is 0 Å². The van der Waals surface area contributed by atoms with Crippen LogP contribution in [0.2, 0.25) is 0 Å². The summed E-state index contributed by atoms with van der Waals surface area (Å²) < 4.78 is 2.07. The number of hydrogen-bond donors (Lipinski definition) is 2. The van der Waals surface area contributed by atoms with E-state index < -0.39 is 0 Å². The van der Waals surface area contributed by atoms with E-state index in [0.717, 1.165) is 18.2 Å². The summed E-state index contributed by atoms with van der Waals surface area (Å²) >= 11 is 0. The molecule has 5 nitrogen and oxygen atoms in total. The molecule has 1 fully saturated rings. The zero-order valence-corrected chi connectivity index (χ0v) is 10.8. The van der Waals surface area contributed by atoms with Crippen LogP contribution < -0.4 is 10.2 Å². The predicted octanol–water partition coefficient (Wildman–Crippen LogP) is 0.347. The summed E-state index contributed by atoms with van der Waals surface area (Å²) in [6.45, 7) is 1.42. The van der Waals surface area contributed by atoms with E-state index in [1.54, 1.807) is 0 Å². The van der Waals surface area contributed by atoms with E-state index in [0.29, 0.717) is 12.5 Å². The van der Waals surface area contributed by atoms with Crippen LogP contribution in [0.4, 0.5) is 5.95 Å². The lowest BCUT2D eigenvalue weighted by molar-refractivity contribution is 0.148. The molecule has 1 heterocycles. The van der Waals surface area contributed by atoms with Crippen molar-refractivity contribution in [1.29, 1.82) is 0 Å². The highest BCUT2D eigenvalue weighted by molar-refractivity contribution is 5.30. The maximum absolute atomic E-state index is 9.74. The van der Waals surface area contributed by atoms with Crippen LogP contribution in [0.5, 0.6) is 0 Å². The molecule has 0 radical (unpaired) electrons. The quantitative estimate of drug-likeness (QED) is 0.751. The second kappa shape index (κ2) is 5.06. The normalized spacial score (nSPS) is 17.2. The van der Waals surface area contributed by atoms with Gasteiger partial charge in [-0.15, -0.1) is 0 Å². The Morgan fingerprint density at radius 3 is 2.82 bits per heavy atom. The van der Waals surface area contributed by atoms with Crippen molar-refractivity contribution >= 4 is 5.95 Å². The molecule has 1 unspecified atom stereocenters. The summed E-state index contributed by atoms with van der Waals surface area (Å²) in [5.41, 5.74) is 1.14. The van der Waals surface area contributed by atoms with E-state index in [-0.39, 0.29) is 6.10 Å². The van der Waals surface area contributed by atoms with Crippen LogP contribution in [0.25, 0.3) is 0 Å². The highest BCUT2D eigenvalue weighted by atomic mass is 16.3. The highest BCUT2D eigenvalue weighted by Crippen LogP contribution is 2.32. The summed E-state index contributed by atoms with van der Waals surface area (Å²) in [5, 5.41) is 13.0. The average Bonchev–Trinajstić information content (AvgIpc) is 3.05. The van der Waals surface area contributed by atoms with Gasteiger partial charge >= 0.3 is 0 Å². The smallest absolute Gasteiger partial charge is 0.204 e. The molecule has 0 saturated heterocycles. The first-order valence-corrected chi connectivity index (χ1v) is 6.16. The molecule has 1 saturated carbocycles. The van der Waals surface area contributed by atoms with E-state index in [2.05, 4.69) is 14.9 Å². The van der Waals surface area contributed by atoms with Gasteiger partial charge in [-0.05, 0) is 18.8 Å². The van der Waals surface area contributed by atoms with E-state index in [4.69, 9.17) is 0 Å². The summed E-state index contributed by atoms with van der Waals surface area (Å²) in [6.07, 6.45) is 4.06. The highest BCUT2D eigenvalue weighted by Gasteiger charge is 2.29. The third kappa shape index (κ3) is 2.98. The number of anilines is 1. The molecular formula is C12H22N4O. The van der Waals surface area contributed by atoms with Gasteiger partial charge in [0.25, 0.3) is 0 Å². The van der Waals surface area contributed by atoms with Crippen molar-refractivity contribution in [2.24, 2.45) is 13.0 Å². The van der Waals surface area contributed by atoms with Gasteiger partial charge in [-0.1, -0.05) is 0 Å². The molecule has 0 bridgehead atoms. The number of aliphatic hydroxyl groups excluding tert-OH is 1. The molecule has 0 spiro atoms. The third-order valence-corrected chi connectivity index (χ3v) is 3.29. The summed E-state index contributed by atoms with van der Waals surface area (Å²) in [6, 6.07) is 0. The van der Waals surface area contributed by atoms with Crippen molar-refractivity contribution in [3.05, 3.63) is 11.9 Å². The van der Waals surface area contributed by atoms with Crippen molar-refractivity contribution in [2.75, 3.05) is 25.5 Å². The second-order valence-corrected chi connectivity index (χ2v) is 5.04. The maximum Gasteiger partial charge on any atom is 0.204 e. The van der Waals surface area contributed by atoms with Crippen LogP contribution in [0, 0.1) is 5.92 Å². The fraction of sp³-hybridized carbons (Fsp3) is 0.750. The molecule has 1 aromatic heterocycles. The van der Waals surface area contributed by atoms with Crippen molar-refractivity contribution in [3.63, 3.8) is 0 Å². The van der Waals surface area contributed by atoms with Gasteiger partial charge in [0.15, 0.2) is 0 Å². The van der Waals surface area contributed by atoms with Crippen molar-refractivity contribution < 1.29 is 5.11 Å². The number of rotatable bonds is 6. The molecule has 2 N–H and O–H groups in total. The zero-order chi connectivity index (χ0) is 12.4. The third-order valence-electron chi connectivity index (χ3n) is 3.29. The van der Waals surface area contributed by atoms with Crippen molar-refractivity contribution in [2.45, 2.75) is 25.5 Å². The van der Waals surface area contributed by atoms with E-state index in [1.165, 1.54) is 12.8 Å². The summed E-state index contributed by atoms with van der Waals surface area (Å²) in [5.74, 6) is 1.48. The Bertz CT molecular complexity index is 371. The minimum atomic E-state index is -0.184. The number of nitrogens with one attached hydrogen (secondary N) is 1. The van der Waals surface area contributed by atoms with Crippen molar-refractivity contribution in [3.8, 4) is 0 Å². The molecule has 5 heteroatoms. The van der Waals surface area contributed by atoms with Crippen LogP contribution in [-0.2, 0) is 13.6 Å². The van der Waals surface area contributed by atoms with Crippen LogP contribution in [-0.4, -0.2) is 41.4 Å². The Morgan fingerprint density at radius 1 is 1.59 bits per heavy atom. The number of aromatic nitrogens is 2. The lowest BCUT2D eigenvalue weighted by Crippen LogP contribution is -2.28. The van der Waals surface area contributed by atoms with Crippen LogP contribution in [0.15, 0.2) is 6.20 Å². The zero-order valence-electron chi connectivity index (χ0n) is 10.8. The Kier molecular flexibility index (Phi) is 3.69. The first kappa shape index (κ1) is 12.4. The molecule has 2 rings (SSSR count). The number of imidazole rings is 1. The van der Waals surface area contributed by atoms with Crippen LogP contribution >= 0.6 is 0 Å². The van der Waals surface area contributed by atoms with Gasteiger partial charge in [0, 0.05) is 34.2 Å². The first-order chi connectivity index (χ1) is 8.09. The number of aliphatic hydroxyl groups is 1. The monoisotopic (exact) mass is 238 g/mol. The summed E-state index contributed by atoms with van der Waals surface area (Å²) in [4.78, 5) is 6.34. The lowest BCUT2D eigenvalue weighted by Gasteiger charge is -2.14. The maximum atomic E-state index is 9.74. The van der Waals surface area contributed by atoms with Crippen LogP contribution in [0.3, 0.4) is 0 Å². The molecule has 17 heavy (non-hydrogen) atoms. The topological polar surface area (TPSA) is 53.3 Å². The summed E-state index contributed by atoms with van der Waals surface area (Å²) in [7, 11) is 5.98. The average molecular weight is 238 g/mol. The Hall–Kier alpha value is -1.07. The number of nitrogens with zero attached hydrogens (tertiary/aromatic N) is 3. The molecule has 1 aliphatic rings. The molecular weight excluding hydrogens is 216 g/mol. The van der Waals surface area contributed by atoms with Gasteiger partial charge in [0.2, 0.25) is 5.95 Å². The molecule has 96 valence electrons. The lowest BCUT2D eigenvalue weighted by atomic mass is 10.2. The van der Waals surface area contributed by atoms with E-state index in [9.17, 15) is 5.11 Å². The van der Waals surface area contributed by atoms with Gasteiger partial charge in [0.05, 0.1) is 18.0 Å². The minimum Gasteiger partial charge on any atom is -0.392 e. The Balaban J connectivity index is 1.82. The Labute approximate surface area is 102 Å². The first-order valence-electron chi connectivity index (χ1n) is 6.16. The molecule has 0 aliphatic heterocycles. The minimum absolute atomic E-state index is 0.184.